The second kappa shape index (κ2) is 12.2. The lowest BCUT2D eigenvalue weighted by Gasteiger charge is -2.26. The fourth-order valence-electron chi connectivity index (χ4n) is 4.67. The molecule has 2 aromatic carbocycles. The fourth-order valence-corrected chi connectivity index (χ4v) is 4.67. The van der Waals surface area contributed by atoms with Gasteiger partial charge in [0.25, 0.3) is 11.5 Å². The summed E-state index contributed by atoms with van der Waals surface area (Å²) in [6.07, 6.45) is 4.74. The van der Waals surface area contributed by atoms with Gasteiger partial charge in [0, 0.05) is 32.4 Å². The molecule has 0 saturated carbocycles. The Balaban J connectivity index is 1.60. The highest BCUT2D eigenvalue weighted by Crippen LogP contribution is 2.24. The molecule has 8 nitrogen and oxygen atoms in total. The molecule has 196 valence electrons. The van der Waals surface area contributed by atoms with E-state index >= 15 is 0 Å². The first kappa shape index (κ1) is 25.9. The van der Waals surface area contributed by atoms with E-state index in [0.29, 0.717) is 37.7 Å². The summed E-state index contributed by atoms with van der Waals surface area (Å²) in [5.41, 5.74) is 2.20. The highest BCUT2D eigenvalue weighted by atomic mass is 16.5. The first-order valence-electron chi connectivity index (χ1n) is 13.0. The van der Waals surface area contributed by atoms with Crippen molar-refractivity contribution in [3.63, 3.8) is 0 Å². The van der Waals surface area contributed by atoms with Crippen LogP contribution in [-0.4, -0.2) is 34.5 Å². The Kier molecular flexibility index (Phi) is 8.10. The van der Waals surface area contributed by atoms with Crippen LogP contribution in [0.5, 0.6) is 0 Å². The van der Waals surface area contributed by atoms with Crippen LogP contribution in [0, 0.1) is 11.3 Å². The van der Waals surface area contributed by atoms with Gasteiger partial charge in [0.15, 0.2) is 0 Å². The molecule has 0 aliphatic carbocycles. The standard InChI is InChI=1S/C31H29N5O3/c32-19-25(30(37)33-20-26-14-9-17-39-26)18-27-29(34-28-15-7-8-16-36(28)31(27)38)35(21-23-10-3-1-4-11-23)22-24-12-5-2-6-13-24/h1-8,10-13,15-16,18,26H,9,14,17,20-22H2,(H,33,37)/b25-18+. The lowest BCUT2D eigenvalue weighted by Crippen LogP contribution is -2.33. The molecule has 5 rings (SSSR count). The summed E-state index contributed by atoms with van der Waals surface area (Å²) in [7, 11) is 0. The van der Waals surface area contributed by atoms with E-state index in [4.69, 9.17) is 9.72 Å². The molecule has 0 spiro atoms. The van der Waals surface area contributed by atoms with E-state index in [2.05, 4.69) is 5.32 Å². The summed E-state index contributed by atoms with van der Waals surface area (Å²) in [4.78, 5) is 33.6. The molecule has 1 saturated heterocycles. The molecule has 1 fully saturated rings. The largest absolute Gasteiger partial charge is 0.376 e. The molecule has 3 heterocycles. The highest BCUT2D eigenvalue weighted by Gasteiger charge is 2.22. The highest BCUT2D eigenvalue weighted by molar-refractivity contribution is 6.02. The van der Waals surface area contributed by atoms with E-state index in [1.54, 1.807) is 18.3 Å². The first-order chi connectivity index (χ1) is 19.1. The molecule has 4 aromatic rings. The van der Waals surface area contributed by atoms with Gasteiger partial charge in [0.2, 0.25) is 0 Å². The average Bonchev–Trinajstić information content (AvgIpc) is 3.50. The van der Waals surface area contributed by atoms with Crippen LogP contribution in [0.15, 0.2) is 95.4 Å². The van der Waals surface area contributed by atoms with Gasteiger partial charge in [-0.15, -0.1) is 0 Å². The van der Waals surface area contributed by atoms with Gasteiger partial charge in [-0.2, -0.15) is 5.26 Å². The van der Waals surface area contributed by atoms with Crippen molar-refractivity contribution in [1.29, 1.82) is 5.26 Å². The van der Waals surface area contributed by atoms with Gasteiger partial charge in [-0.05, 0) is 42.2 Å². The molecule has 1 aliphatic rings. The second-order valence-corrected chi connectivity index (χ2v) is 9.43. The van der Waals surface area contributed by atoms with Crippen molar-refractivity contribution in [2.45, 2.75) is 32.0 Å². The predicted molar refractivity (Wildman–Crippen MR) is 150 cm³/mol. The number of pyridine rings is 1. The number of benzene rings is 2. The third-order valence-corrected chi connectivity index (χ3v) is 6.65. The quantitative estimate of drug-likeness (QED) is 0.264. The summed E-state index contributed by atoms with van der Waals surface area (Å²) in [5.74, 6) is -0.146. The Bertz CT molecular complexity index is 1530. The third-order valence-electron chi connectivity index (χ3n) is 6.65. The minimum atomic E-state index is -0.547. The minimum absolute atomic E-state index is 0.0651. The molecule has 1 unspecified atom stereocenters. The van der Waals surface area contributed by atoms with Crippen LogP contribution in [0.1, 0.15) is 29.5 Å². The number of hydrogen-bond donors (Lipinski definition) is 1. The predicted octanol–water partition coefficient (Wildman–Crippen LogP) is 4.10. The molecular formula is C31H29N5O3. The number of aromatic nitrogens is 2. The lowest BCUT2D eigenvalue weighted by atomic mass is 10.1. The molecule has 1 aliphatic heterocycles. The number of anilines is 1. The monoisotopic (exact) mass is 519 g/mol. The van der Waals surface area contributed by atoms with Gasteiger partial charge in [-0.25, -0.2) is 4.98 Å². The van der Waals surface area contributed by atoms with Crippen LogP contribution < -0.4 is 15.8 Å². The van der Waals surface area contributed by atoms with Crippen molar-refractivity contribution in [3.05, 3.63) is 118 Å². The number of nitrogens with one attached hydrogen (secondary N) is 1. The summed E-state index contributed by atoms with van der Waals surface area (Å²) >= 11 is 0. The summed E-state index contributed by atoms with van der Waals surface area (Å²) in [5, 5.41) is 12.7. The number of ether oxygens (including phenoxy) is 1. The third kappa shape index (κ3) is 6.22. The SMILES string of the molecule is N#C/C(=C\c1c(N(Cc2ccccc2)Cc2ccccc2)nc2ccccn2c1=O)C(=O)NCC1CCCO1. The van der Waals surface area contributed by atoms with E-state index in [-0.39, 0.29) is 22.8 Å². The maximum atomic E-state index is 13.8. The molecule has 8 heteroatoms. The molecule has 2 aromatic heterocycles. The molecule has 1 N–H and O–H groups in total. The van der Waals surface area contributed by atoms with Gasteiger partial charge < -0.3 is 15.0 Å². The Morgan fingerprint density at radius 3 is 2.33 bits per heavy atom. The van der Waals surface area contributed by atoms with E-state index in [9.17, 15) is 14.9 Å². The Morgan fingerprint density at radius 1 is 1.05 bits per heavy atom. The zero-order chi connectivity index (χ0) is 27.0. The maximum absolute atomic E-state index is 13.8. The first-order valence-corrected chi connectivity index (χ1v) is 13.0. The average molecular weight is 520 g/mol. The van der Waals surface area contributed by atoms with Gasteiger partial charge >= 0.3 is 0 Å². The van der Waals surface area contributed by atoms with Crippen LogP contribution in [0.2, 0.25) is 0 Å². The van der Waals surface area contributed by atoms with Crippen molar-refractivity contribution in [2.75, 3.05) is 18.1 Å². The van der Waals surface area contributed by atoms with Gasteiger partial charge in [0.1, 0.15) is 23.1 Å². The molecule has 39 heavy (non-hydrogen) atoms. The molecule has 0 bridgehead atoms. The van der Waals surface area contributed by atoms with Gasteiger partial charge in [-0.3, -0.25) is 14.0 Å². The number of fused-ring (bicyclic) bond motifs is 1. The minimum Gasteiger partial charge on any atom is -0.376 e. The normalized spacial score (nSPS) is 15.2. The number of amides is 1. The summed E-state index contributed by atoms with van der Waals surface area (Å²) in [6.45, 7) is 1.93. The smallest absolute Gasteiger partial charge is 0.267 e. The van der Waals surface area contributed by atoms with Crippen molar-refractivity contribution < 1.29 is 9.53 Å². The van der Waals surface area contributed by atoms with Crippen LogP contribution in [0.4, 0.5) is 5.82 Å². The summed E-state index contributed by atoms with van der Waals surface area (Å²) in [6, 6.07) is 27.1. The van der Waals surface area contributed by atoms with E-state index < -0.39 is 5.91 Å². The van der Waals surface area contributed by atoms with E-state index in [0.717, 1.165) is 24.0 Å². The van der Waals surface area contributed by atoms with Crippen LogP contribution in [0.3, 0.4) is 0 Å². The number of hydrogen-bond acceptors (Lipinski definition) is 6. The van der Waals surface area contributed by atoms with Crippen molar-refractivity contribution in [1.82, 2.24) is 14.7 Å². The molecular weight excluding hydrogens is 490 g/mol. The van der Waals surface area contributed by atoms with Crippen molar-refractivity contribution in [3.8, 4) is 6.07 Å². The molecule has 1 amide bonds. The molecule has 0 radical (unpaired) electrons. The zero-order valence-electron chi connectivity index (χ0n) is 21.5. The van der Waals surface area contributed by atoms with Crippen molar-refractivity contribution in [2.24, 2.45) is 0 Å². The summed E-state index contributed by atoms with van der Waals surface area (Å²) < 4.78 is 7.01. The van der Waals surface area contributed by atoms with Gasteiger partial charge in [-0.1, -0.05) is 66.7 Å². The number of carbonyl (C=O) groups excluding carboxylic acids is 1. The Hall–Kier alpha value is -4.74. The fraction of sp³-hybridized carbons (Fsp3) is 0.226. The number of carbonyl (C=O) groups is 1. The second-order valence-electron chi connectivity index (χ2n) is 9.43. The Labute approximate surface area is 226 Å². The number of rotatable bonds is 9. The maximum Gasteiger partial charge on any atom is 0.267 e. The Morgan fingerprint density at radius 2 is 1.72 bits per heavy atom. The lowest BCUT2D eigenvalue weighted by molar-refractivity contribution is -0.117. The van der Waals surface area contributed by atoms with Crippen LogP contribution >= 0.6 is 0 Å². The number of nitriles is 1. The zero-order valence-corrected chi connectivity index (χ0v) is 21.5. The van der Waals surface area contributed by atoms with E-state index in [1.807, 2.05) is 77.7 Å². The van der Waals surface area contributed by atoms with E-state index in [1.165, 1.54) is 10.5 Å². The van der Waals surface area contributed by atoms with Crippen LogP contribution in [-0.2, 0) is 22.6 Å². The molecule has 1 atom stereocenters. The van der Waals surface area contributed by atoms with Crippen molar-refractivity contribution >= 4 is 23.4 Å². The van der Waals surface area contributed by atoms with Crippen LogP contribution in [0.25, 0.3) is 11.7 Å². The topological polar surface area (TPSA) is 99.7 Å². The van der Waals surface area contributed by atoms with Gasteiger partial charge in [0.05, 0.1) is 11.7 Å². The number of nitrogens with zero attached hydrogens (tertiary/aromatic N) is 4.